The first kappa shape index (κ1) is 18.5. The Bertz CT molecular complexity index is 825. The molecule has 1 aliphatic heterocycles. The molecule has 0 radical (unpaired) electrons. The molecule has 1 aromatic heterocycles. The fraction of sp³-hybridized carbons (Fsp3) is 0.500. The Morgan fingerprint density at radius 3 is 2.81 bits per heavy atom. The molecule has 1 fully saturated rings. The van der Waals surface area contributed by atoms with Gasteiger partial charge >= 0.3 is 0 Å². The van der Waals surface area contributed by atoms with Gasteiger partial charge in [0, 0.05) is 24.5 Å². The Morgan fingerprint density at radius 2 is 2.12 bits per heavy atom. The van der Waals surface area contributed by atoms with Crippen LogP contribution >= 0.6 is 0 Å². The fourth-order valence-corrected chi connectivity index (χ4v) is 3.47. The number of nitrogens with zero attached hydrogens (tertiary/aromatic N) is 1. The predicted octanol–water partition coefficient (Wildman–Crippen LogP) is 2.38. The van der Waals surface area contributed by atoms with Crippen molar-refractivity contribution in [3.63, 3.8) is 0 Å². The van der Waals surface area contributed by atoms with E-state index >= 15 is 0 Å². The average Bonchev–Trinajstić information content (AvgIpc) is 3.01. The summed E-state index contributed by atoms with van der Waals surface area (Å²) in [5.41, 5.74) is 4.15. The Morgan fingerprint density at radius 1 is 1.35 bits per heavy atom. The molecule has 1 unspecified atom stereocenters. The van der Waals surface area contributed by atoms with E-state index in [1.165, 1.54) is 11.1 Å². The van der Waals surface area contributed by atoms with Gasteiger partial charge in [-0.2, -0.15) is 0 Å². The van der Waals surface area contributed by atoms with E-state index < -0.39 is 6.10 Å². The Labute approximate surface area is 153 Å². The number of amides is 2. The third kappa shape index (κ3) is 3.60. The first-order valence-electron chi connectivity index (χ1n) is 9.02. The average molecular weight is 358 g/mol. The van der Waals surface area contributed by atoms with E-state index in [4.69, 9.17) is 9.15 Å². The zero-order chi connectivity index (χ0) is 18.8. The van der Waals surface area contributed by atoms with Crippen molar-refractivity contribution in [2.75, 3.05) is 26.7 Å². The zero-order valence-electron chi connectivity index (χ0n) is 15.8. The van der Waals surface area contributed by atoms with Gasteiger partial charge in [-0.05, 0) is 36.1 Å². The van der Waals surface area contributed by atoms with Crippen molar-refractivity contribution in [2.24, 2.45) is 0 Å². The molecule has 2 amide bonds. The van der Waals surface area contributed by atoms with E-state index in [1.54, 1.807) is 18.2 Å². The van der Waals surface area contributed by atoms with Crippen molar-refractivity contribution in [3.8, 4) is 0 Å². The van der Waals surface area contributed by atoms with Crippen molar-refractivity contribution in [2.45, 2.75) is 39.2 Å². The van der Waals surface area contributed by atoms with E-state index in [2.05, 4.69) is 32.2 Å². The summed E-state index contributed by atoms with van der Waals surface area (Å²) in [5, 5.41) is 3.56. The number of rotatable bonds is 4. The number of carbonyl (C=O) groups is 2. The largest absolute Gasteiger partial charge is 0.464 e. The lowest BCUT2D eigenvalue weighted by molar-refractivity contribution is -0.146. The minimum Gasteiger partial charge on any atom is -0.464 e. The summed E-state index contributed by atoms with van der Waals surface area (Å²) in [5.74, 6) is 0.190. The van der Waals surface area contributed by atoms with Crippen LogP contribution in [0.5, 0.6) is 0 Å². The van der Waals surface area contributed by atoms with Gasteiger partial charge in [-0.1, -0.05) is 13.8 Å². The molecule has 1 aromatic carbocycles. The quantitative estimate of drug-likeness (QED) is 0.911. The van der Waals surface area contributed by atoms with Crippen LogP contribution in [-0.2, 0) is 20.7 Å². The van der Waals surface area contributed by atoms with E-state index in [-0.39, 0.29) is 24.8 Å². The number of likely N-dealkylation sites (N-methyl/N-ethyl adjacent to an activating group) is 1. The molecule has 2 aromatic rings. The van der Waals surface area contributed by atoms with Crippen molar-refractivity contribution in [1.82, 2.24) is 10.2 Å². The van der Waals surface area contributed by atoms with Crippen LogP contribution in [0.25, 0.3) is 11.0 Å². The minimum absolute atomic E-state index is 0.0171. The fourth-order valence-electron chi connectivity index (χ4n) is 3.47. The SMILES string of the molecule is CNC(=O)C1CN(C(=O)Cc2coc3cc(C)c(C(C)C)cc23)CCO1. The second-order valence-corrected chi connectivity index (χ2v) is 7.11. The van der Waals surface area contributed by atoms with Crippen LogP contribution in [0.1, 0.15) is 36.5 Å². The summed E-state index contributed by atoms with van der Waals surface area (Å²) in [6.07, 6.45) is 1.32. The number of hydrogen-bond donors (Lipinski definition) is 1. The normalized spacial score (nSPS) is 17.7. The highest BCUT2D eigenvalue weighted by Gasteiger charge is 2.29. The molecule has 6 heteroatoms. The van der Waals surface area contributed by atoms with Gasteiger partial charge in [0.1, 0.15) is 5.58 Å². The molecule has 0 aliphatic carbocycles. The smallest absolute Gasteiger partial charge is 0.250 e. The van der Waals surface area contributed by atoms with Crippen molar-refractivity contribution >= 4 is 22.8 Å². The molecule has 26 heavy (non-hydrogen) atoms. The Hall–Kier alpha value is -2.34. The lowest BCUT2D eigenvalue weighted by atomic mass is 9.95. The van der Waals surface area contributed by atoms with Crippen molar-refractivity contribution in [1.29, 1.82) is 0 Å². The number of carbonyl (C=O) groups excluding carboxylic acids is 2. The monoisotopic (exact) mass is 358 g/mol. The minimum atomic E-state index is -0.603. The maximum absolute atomic E-state index is 12.7. The number of morpholine rings is 1. The Kier molecular flexibility index (Phi) is 5.32. The molecule has 140 valence electrons. The second-order valence-electron chi connectivity index (χ2n) is 7.11. The number of aryl methyl sites for hydroxylation is 1. The molecule has 0 saturated carbocycles. The maximum Gasteiger partial charge on any atom is 0.250 e. The van der Waals surface area contributed by atoms with Gasteiger partial charge in [0.25, 0.3) is 5.91 Å². The summed E-state index contributed by atoms with van der Waals surface area (Å²) in [6.45, 7) is 7.54. The van der Waals surface area contributed by atoms with Crippen LogP contribution < -0.4 is 5.32 Å². The standard InChI is InChI=1S/C20H26N2O4/c1-12(2)15-9-16-14(11-26-17(16)7-13(15)3)8-19(23)22-5-6-25-18(10-22)20(24)21-4/h7,9,11-12,18H,5-6,8,10H2,1-4H3,(H,21,24). The summed E-state index contributed by atoms with van der Waals surface area (Å²) in [6, 6.07) is 4.17. The molecule has 0 bridgehead atoms. The highest BCUT2D eigenvalue weighted by molar-refractivity contribution is 5.89. The summed E-state index contributed by atoms with van der Waals surface area (Å²) in [7, 11) is 1.57. The second kappa shape index (κ2) is 7.50. The predicted molar refractivity (Wildman–Crippen MR) is 99.1 cm³/mol. The van der Waals surface area contributed by atoms with E-state index in [0.717, 1.165) is 16.5 Å². The highest BCUT2D eigenvalue weighted by Crippen LogP contribution is 2.29. The molecule has 1 N–H and O–H groups in total. The molecular formula is C20H26N2O4. The number of nitrogens with one attached hydrogen (secondary N) is 1. The van der Waals surface area contributed by atoms with Crippen LogP contribution in [0, 0.1) is 6.92 Å². The van der Waals surface area contributed by atoms with Gasteiger partial charge in [-0.25, -0.2) is 0 Å². The van der Waals surface area contributed by atoms with Gasteiger partial charge < -0.3 is 19.4 Å². The summed E-state index contributed by atoms with van der Waals surface area (Å²) >= 11 is 0. The van der Waals surface area contributed by atoms with E-state index in [1.807, 2.05) is 6.07 Å². The van der Waals surface area contributed by atoms with Crippen LogP contribution in [0.4, 0.5) is 0 Å². The number of furan rings is 1. The molecule has 1 atom stereocenters. The van der Waals surface area contributed by atoms with Crippen LogP contribution in [0.3, 0.4) is 0 Å². The molecule has 2 heterocycles. The number of ether oxygens (including phenoxy) is 1. The maximum atomic E-state index is 12.7. The Balaban J connectivity index is 1.79. The number of fused-ring (bicyclic) bond motifs is 1. The summed E-state index contributed by atoms with van der Waals surface area (Å²) in [4.78, 5) is 26.2. The third-order valence-corrected chi connectivity index (χ3v) is 4.96. The molecule has 3 rings (SSSR count). The van der Waals surface area contributed by atoms with E-state index in [0.29, 0.717) is 19.1 Å². The number of benzene rings is 1. The van der Waals surface area contributed by atoms with Gasteiger partial charge in [-0.3, -0.25) is 9.59 Å². The van der Waals surface area contributed by atoms with Crippen LogP contribution in [0.2, 0.25) is 0 Å². The zero-order valence-corrected chi connectivity index (χ0v) is 15.8. The highest BCUT2D eigenvalue weighted by atomic mass is 16.5. The summed E-state index contributed by atoms with van der Waals surface area (Å²) < 4.78 is 11.1. The first-order valence-corrected chi connectivity index (χ1v) is 9.02. The molecule has 1 saturated heterocycles. The number of hydrogen-bond acceptors (Lipinski definition) is 4. The van der Waals surface area contributed by atoms with Gasteiger partial charge in [0.15, 0.2) is 6.10 Å². The first-order chi connectivity index (χ1) is 12.4. The molecule has 6 nitrogen and oxygen atoms in total. The van der Waals surface area contributed by atoms with E-state index in [9.17, 15) is 9.59 Å². The third-order valence-electron chi connectivity index (χ3n) is 4.96. The molecule has 0 spiro atoms. The topological polar surface area (TPSA) is 71.8 Å². The van der Waals surface area contributed by atoms with Crippen LogP contribution in [0.15, 0.2) is 22.8 Å². The van der Waals surface area contributed by atoms with Gasteiger partial charge in [0.2, 0.25) is 5.91 Å². The lowest BCUT2D eigenvalue weighted by Crippen LogP contribution is -2.51. The van der Waals surface area contributed by atoms with Gasteiger partial charge in [-0.15, -0.1) is 0 Å². The van der Waals surface area contributed by atoms with Gasteiger partial charge in [0.05, 0.1) is 25.8 Å². The molecule has 1 aliphatic rings. The van der Waals surface area contributed by atoms with Crippen molar-refractivity contribution in [3.05, 3.63) is 35.1 Å². The lowest BCUT2D eigenvalue weighted by Gasteiger charge is -2.32. The van der Waals surface area contributed by atoms with Crippen molar-refractivity contribution < 1.29 is 18.7 Å². The molecular weight excluding hydrogens is 332 g/mol. The van der Waals surface area contributed by atoms with Crippen LogP contribution in [-0.4, -0.2) is 49.6 Å².